The van der Waals surface area contributed by atoms with E-state index in [1.54, 1.807) is 30.3 Å². The summed E-state index contributed by atoms with van der Waals surface area (Å²) in [5, 5.41) is 0. The summed E-state index contributed by atoms with van der Waals surface area (Å²) in [5.74, 6) is -0.447. The molecule has 2 aromatic rings. The summed E-state index contributed by atoms with van der Waals surface area (Å²) in [6.45, 7) is 4.06. The molecule has 0 bridgehead atoms. The molecule has 3 nitrogen and oxygen atoms in total. The number of allylic oxidation sites excluding steroid dienone is 2. The summed E-state index contributed by atoms with van der Waals surface area (Å²) in [4.78, 5) is 13.6. The minimum atomic E-state index is -4.41. The Balaban J connectivity index is 2.12. The van der Waals surface area contributed by atoms with Gasteiger partial charge in [0.1, 0.15) is 0 Å². The summed E-state index contributed by atoms with van der Waals surface area (Å²) in [6.07, 6.45) is -0.00961. The van der Waals surface area contributed by atoms with Gasteiger partial charge in [0, 0.05) is 17.9 Å². The average Bonchev–Trinajstić information content (AvgIpc) is 2.67. The number of esters is 1. The Morgan fingerprint density at radius 3 is 2.45 bits per heavy atom. The number of anilines is 2. The molecule has 0 saturated heterocycles. The van der Waals surface area contributed by atoms with E-state index in [2.05, 4.69) is 6.08 Å². The number of rotatable bonds is 2. The molecule has 0 fully saturated rings. The lowest BCUT2D eigenvalue weighted by atomic mass is 9.92. The zero-order chi connectivity index (χ0) is 21.2. The molecule has 0 spiro atoms. The van der Waals surface area contributed by atoms with Crippen LogP contribution < -0.4 is 4.90 Å². The highest BCUT2D eigenvalue weighted by molar-refractivity contribution is 5.90. The van der Waals surface area contributed by atoms with Gasteiger partial charge >= 0.3 is 12.1 Å². The van der Waals surface area contributed by atoms with Crippen LogP contribution in [0.4, 0.5) is 24.5 Å². The number of nitrogens with zero attached hydrogens (tertiary/aromatic N) is 1. The Labute approximate surface area is 168 Å². The quantitative estimate of drug-likeness (QED) is 0.440. The number of methoxy groups -OCH3 is 1. The molecule has 6 heteroatoms. The second-order valence-corrected chi connectivity index (χ2v) is 7.21. The zero-order valence-corrected chi connectivity index (χ0v) is 16.8. The Kier molecular flexibility index (Phi) is 6.01. The lowest BCUT2D eigenvalue weighted by molar-refractivity contribution is -0.138. The molecule has 0 radical (unpaired) electrons. The van der Waals surface area contributed by atoms with Gasteiger partial charge in [0.25, 0.3) is 0 Å². The summed E-state index contributed by atoms with van der Waals surface area (Å²) in [6, 6.07) is 9.69. The van der Waals surface area contributed by atoms with Crippen LogP contribution >= 0.6 is 0 Å². The van der Waals surface area contributed by atoms with Crippen molar-refractivity contribution in [1.82, 2.24) is 0 Å². The van der Waals surface area contributed by atoms with Gasteiger partial charge in [-0.2, -0.15) is 13.2 Å². The van der Waals surface area contributed by atoms with Gasteiger partial charge in [-0.15, -0.1) is 0 Å². The van der Waals surface area contributed by atoms with Gasteiger partial charge in [0.15, 0.2) is 0 Å². The number of hydrogen-bond acceptors (Lipinski definition) is 3. The molecule has 1 aliphatic rings. The van der Waals surface area contributed by atoms with Gasteiger partial charge in [0.05, 0.1) is 18.2 Å². The number of hydrogen-bond donors (Lipinski definition) is 0. The second-order valence-electron chi connectivity index (χ2n) is 7.21. The first-order valence-corrected chi connectivity index (χ1v) is 9.55. The first-order valence-electron chi connectivity index (χ1n) is 9.55. The maximum absolute atomic E-state index is 13.6. The van der Waals surface area contributed by atoms with Crippen LogP contribution in [0.5, 0.6) is 0 Å². The largest absolute Gasteiger partial charge is 0.465 e. The first kappa shape index (κ1) is 21.0. The Hall–Kier alpha value is -2.76. The van der Waals surface area contributed by atoms with Gasteiger partial charge in [-0.25, -0.2) is 4.79 Å². The van der Waals surface area contributed by atoms with E-state index in [1.165, 1.54) is 25.7 Å². The van der Waals surface area contributed by atoms with E-state index in [4.69, 9.17) is 4.74 Å². The minimum Gasteiger partial charge on any atom is -0.465 e. The summed E-state index contributed by atoms with van der Waals surface area (Å²) in [5.41, 5.74) is 3.43. The molecule has 0 aromatic heterocycles. The number of carbonyl (C=O) groups excluding carboxylic acids is 1. The maximum Gasteiger partial charge on any atom is 0.416 e. The minimum absolute atomic E-state index is 0.230. The van der Waals surface area contributed by atoms with Crippen LogP contribution in [0.25, 0.3) is 0 Å². The van der Waals surface area contributed by atoms with E-state index in [0.29, 0.717) is 24.2 Å². The van der Waals surface area contributed by atoms with E-state index in [-0.39, 0.29) is 5.56 Å². The molecule has 3 rings (SSSR count). The van der Waals surface area contributed by atoms with Crippen LogP contribution in [0.3, 0.4) is 0 Å². The molecule has 29 heavy (non-hydrogen) atoms. The van der Waals surface area contributed by atoms with Crippen LogP contribution in [-0.4, -0.2) is 19.6 Å². The van der Waals surface area contributed by atoms with Crippen molar-refractivity contribution in [3.05, 3.63) is 70.3 Å². The molecule has 1 aliphatic heterocycles. The van der Waals surface area contributed by atoms with Crippen LogP contribution in [0.15, 0.2) is 48.0 Å². The summed E-state index contributed by atoms with van der Waals surface area (Å²) in [7, 11) is 1.31. The number of fused-ring (bicyclic) bond motifs is 1. The lowest BCUT2D eigenvalue weighted by Gasteiger charge is -2.31. The van der Waals surface area contributed by atoms with E-state index in [1.807, 2.05) is 11.8 Å². The van der Waals surface area contributed by atoms with Crippen LogP contribution in [-0.2, 0) is 17.3 Å². The topological polar surface area (TPSA) is 29.5 Å². The predicted octanol–water partition coefficient (Wildman–Crippen LogP) is 6.22. The first-order chi connectivity index (χ1) is 13.7. The van der Waals surface area contributed by atoms with Crippen molar-refractivity contribution in [3.63, 3.8) is 0 Å². The molecule has 0 N–H and O–H groups in total. The van der Waals surface area contributed by atoms with Gasteiger partial charge < -0.3 is 9.64 Å². The fourth-order valence-corrected chi connectivity index (χ4v) is 3.78. The summed E-state index contributed by atoms with van der Waals surface area (Å²) < 4.78 is 45.4. The van der Waals surface area contributed by atoms with Crippen molar-refractivity contribution in [2.24, 2.45) is 0 Å². The number of carbonyl (C=O) groups is 1. The average molecular weight is 403 g/mol. The van der Waals surface area contributed by atoms with Crippen LogP contribution in [0.2, 0.25) is 0 Å². The van der Waals surface area contributed by atoms with E-state index in [0.717, 1.165) is 24.1 Å². The van der Waals surface area contributed by atoms with Gasteiger partial charge in [0.2, 0.25) is 0 Å². The number of benzene rings is 2. The van der Waals surface area contributed by atoms with Crippen LogP contribution in [0, 0.1) is 6.92 Å². The third-order valence-electron chi connectivity index (χ3n) is 5.33. The van der Waals surface area contributed by atoms with Crippen LogP contribution in [0.1, 0.15) is 46.8 Å². The molecule has 0 unspecified atom stereocenters. The molecule has 0 atom stereocenters. The van der Waals surface area contributed by atoms with Gasteiger partial charge in [-0.3, -0.25) is 0 Å². The van der Waals surface area contributed by atoms with Crippen molar-refractivity contribution >= 4 is 17.3 Å². The fourth-order valence-electron chi connectivity index (χ4n) is 3.78. The fraction of sp³-hybridized carbons (Fsp3) is 0.348. The monoisotopic (exact) mass is 403 g/mol. The SMILES string of the molecule is C/C=C1\CCCN(c2ccc(C(=O)OC)cc2)c2cc(C(F)(F)F)c(C)cc2C1. The number of ether oxygens (including phenoxy) is 1. The number of halogens is 3. The summed E-state index contributed by atoms with van der Waals surface area (Å²) >= 11 is 0. The standard InChI is InChI=1S/C23H24F3NO2/c1-4-16-6-5-11-27(19-9-7-17(8-10-19)22(28)29-3)21-14-20(23(24,25)26)15(2)12-18(21)13-16/h4,7-10,12,14H,5-6,11,13H2,1-3H3/b16-4+. The molecule has 0 aliphatic carbocycles. The third-order valence-corrected chi connectivity index (χ3v) is 5.33. The molecular formula is C23H24F3NO2. The molecule has 0 saturated carbocycles. The predicted molar refractivity (Wildman–Crippen MR) is 108 cm³/mol. The van der Waals surface area contributed by atoms with E-state index < -0.39 is 17.7 Å². The Bertz CT molecular complexity index is 930. The third kappa shape index (κ3) is 4.47. The van der Waals surface area contributed by atoms with Crippen molar-refractivity contribution in [2.75, 3.05) is 18.6 Å². The smallest absolute Gasteiger partial charge is 0.416 e. The zero-order valence-electron chi connectivity index (χ0n) is 16.8. The highest BCUT2D eigenvalue weighted by Gasteiger charge is 2.34. The van der Waals surface area contributed by atoms with E-state index in [9.17, 15) is 18.0 Å². The Morgan fingerprint density at radius 1 is 1.17 bits per heavy atom. The molecule has 1 heterocycles. The molecule has 2 aromatic carbocycles. The molecule has 154 valence electrons. The van der Waals surface area contributed by atoms with Crippen molar-refractivity contribution in [2.45, 2.75) is 39.3 Å². The van der Waals surface area contributed by atoms with Gasteiger partial charge in [-0.05, 0) is 74.6 Å². The highest BCUT2D eigenvalue weighted by atomic mass is 19.4. The van der Waals surface area contributed by atoms with E-state index >= 15 is 0 Å². The number of aryl methyl sites for hydroxylation is 1. The highest BCUT2D eigenvalue weighted by Crippen LogP contribution is 2.40. The van der Waals surface area contributed by atoms with Crippen molar-refractivity contribution in [1.29, 1.82) is 0 Å². The molecular weight excluding hydrogens is 379 g/mol. The van der Waals surface area contributed by atoms with Crippen molar-refractivity contribution < 1.29 is 22.7 Å². The van der Waals surface area contributed by atoms with Crippen molar-refractivity contribution in [3.8, 4) is 0 Å². The molecule has 0 amide bonds. The normalized spacial score (nSPS) is 16.2. The lowest BCUT2D eigenvalue weighted by Crippen LogP contribution is -2.23. The second kappa shape index (κ2) is 8.31. The maximum atomic E-state index is 13.6. The Morgan fingerprint density at radius 2 is 1.86 bits per heavy atom. The number of alkyl halides is 3. The van der Waals surface area contributed by atoms with Gasteiger partial charge in [-0.1, -0.05) is 17.7 Å².